The molecule has 0 unspecified atom stereocenters. The van der Waals surface area contributed by atoms with E-state index in [1.807, 2.05) is 18.2 Å². The third-order valence-electron chi connectivity index (χ3n) is 1.97. The Labute approximate surface area is 95.4 Å². The number of ether oxygens (including phenoxy) is 1. The van der Waals surface area contributed by atoms with E-state index in [0.29, 0.717) is 0 Å². The van der Waals surface area contributed by atoms with Crippen LogP contribution in [0.5, 0.6) is 5.88 Å². The van der Waals surface area contributed by atoms with Gasteiger partial charge in [-0.3, -0.25) is 0 Å². The Kier molecular flexibility index (Phi) is 3.03. The Morgan fingerprint density at radius 2 is 1.82 bits per heavy atom. The number of aromatic nitrogens is 2. The molecule has 0 radical (unpaired) electrons. The highest BCUT2D eigenvalue weighted by Crippen LogP contribution is 2.17. The van der Waals surface area contributed by atoms with E-state index in [1.165, 1.54) is 10.7 Å². The van der Waals surface area contributed by atoms with E-state index in [0.717, 1.165) is 5.69 Å². The molecule has 0 fully saturated rings. The number of para-hydroxylation sites is 1. The molecular formula is C11H9F3N2O. The molecule has 1 aromatic carbocycles. The number of halogens is 3. The summed E-state index contributed by atoms with van der Waals surface area (Å²) in [7, 11) is 0. The summed E-state index contributed by atoms with van der Waals surface area (Å²) in [5.74, 6) is -0.0498. The summed E-state index contributed by atoms with van der Waals surface area (Å²) in [4.78, 5) is 0. The fourth-order valence-electron chi connectivity index (χ4n) is 1.26. The summed E-state index contributed by atoms with van der Waals surface area (Å²) in [6.45, 7) is -1.33. The van der Waals surface area contributed by atoms with E-state index in [-0.39, 0.29) is 5.88 Å². The number of hydrogen-bond acceptors (Lipinski definition) is 2. The fourth-order valence-corrected chi connectivity index (χ4v) is 1.26. The Morgan fingerprint density at radius 3 is 2.47 bits per heavy atom. The monoisotopic (exact) mass is 242 g/mol. The maximum atomic E-state index is 11.9. The van der Waals surface area contributed by atoms with E-state index in [9.17, 15) is 13.2 Å². The van der Waals surface area contributed by atoms with Gasteiger partial charge in [-0.1, -0.05) is 18.2 Å². The predicted octanol–water partition coefficient (Wildman–Crippen LogP) is 2.81. The highest BCUT2D eigenvalue weighted by molar-refractivity contribution is 5.31. The van der Waals surface area contributed by atoms with Crippen LogP contribution in [0, 0.1) is 0 Å². The van der Waals surface area contributed by atoms with Crippen molar-refractivity contribution in [3.05, 3.63) is 42.6 Å². The second kappa shape index (κ2) is 4.48. The molecular weight excluding hydrogens is 233 g/mol. The van der Waals surface area contributed by atoms with Crippen molar-refractivity contribution in [2.24, 2.45) is 0 Å². The highest BCUT2D eigenvalue weighted by atomic mass is 19.4. The zero-order valence-corrected chi connectivity index (χ0v) is 8.69. The summed E-state index contributed by atoms with van der Waals surface area (Å²) in [5.41, 5.74) is 0.759. The SMILES string of the molecule is FC(F)(F)COc1ccn(-c2ccccc2)n1. The van der Waals surface area contributed by atoms with Crippen LogP contribution < -0.4 is 4.74 Å². The van der Waals surface area contributed by atoms with Gasteiger partial charge in [-0.25, -0.2) is 4.68 Å². The number of nitrogens with zero attached hydrogens (tertiary/aromatic N) is 2. The lowest BCUT2D eigenvalue weighted by Crippen LogP contribution is -2.19. The standard InChI is InChI=1S/C11H9F3N2O/c12-11(13,14)8-17-10-6-7-16(15-10)9-4-2-1-3-5-9/h1-7H,8H2. The molecule has 3 nitrogen and oxygen atoms in total. The average Bonchev–Trinajstić information content (AvgIpc) is 2.75. The molecule has 17 heavy (non-hydrogen) atoms. The fraction of sp³-hybridized carbons (Fsp3) is 0.182. The van der Waals surface area contributed by atoms with Gasteiger partial charge in [0.25, 0.3) is 0 Å². The molecule has 2 aromatic rings. The Morgan fingerprint density at radius 1 is 1.12 bits per heavy atom. The molecule has 90 valence electrons. The van der Waals surface area contributed by atoms with Crippen molar-refractivity contribution < 1.29 is 17.9 Å². The van der Waals surface area contributed by atoms with Crippen LogP contribution >= 0.6 is 0 Å². The van der Waals surface area contributed by atoms with Gasteiger partial charge in [0.15, 0.2) is 6.61 Å². The predicted molar refractivity (Wildman–Crippen MR) is 55.1 cm³/mol. The van der Waals surface area contributed by atoms with Crippen molar-refractivity contribution in [1.82, 2.24) is 9.78 Å². The molecule has 0 bridgehead atoms. The zero-order chi connectivity index (χ0) is 12.3. The van der Waals surface area contributed by atoms with Crippen LogP contribution in [0.3, 0.4) is 0 Å². The molecule has 0 amide bonds. The van der Waals surface area contributed by atoms with E-state index in [2.05, 4.69) is 9.84 Å². The van der Waals surface area contributed by atoms with Gasteiger partial charge in [-0.15, -0.1) is 5.10 Å². The first-order chi connectivity index (χ1) is 8.04. The topological polar surface area (TPSA) is 27.1 Å². The number of rotatable bonds is 3. The minimum absolute atomic E-state index is 0.0498. The van der Waals surface area contributed by atoms with Crippen LogP contribution in [0.2, 0.25) is 0 Å². The quantitative estimate of drug-likeness (QED) is 0.827. The highest BCUT2D eigenvalue weighted by Gasteiger charge is 2.28. The van der Waals surface area contributed by atoms with E-state index < -0.39 is 12.8 Å². The van der Waals surface area contributed by atoms with E-state index in [1.54, 1.807) is 18.3 Å². The van der Waals surface area contributed by atoms with Gasteiger partial charge in [0, 0.05) is 12.3 Å². The second-order valence-electron chi connectivity index (χ2n) is 3.34. The first-order valence-electron chi connectivity index (χ1n) is 4.85. The molecule has 0 aliphatic rings. The van der Waals surface area contributed by atoms with Gasteiger partial charge in [-0.05, 0) is 12.1 Å². The average molecular weight is 242 g/mol. The first-order valence-corrected chi connectivity index (χ1v) is 4.85. The lowest BCUT2D eigenvalue weighted by Gasteiger charge is -2.06. The van der Waals surface area contributed by atoms with Crippen molar-refractivity contribution in [1.29, 1.82) is 0 Å². The van der Waals surface area contributed by atoms with Crippen molar-refractivity contribution in [3.8, 4) is 11.6 Å². The largest absolute Gasteiger partial charge is 0.467 e. The van der Waals surface area contributed by atoms with Crippen molar-refractivity contribution in [2.45, 2.75) is 6.18 Å². The molecule has 0 atom stereocenters. The lowest BCUT2D eigenvalue weighted by atomic mass is 10.3. The van der Waals surface area contributed by atoms with Crippen LogP contribution in [-0.4, -0.2) is 22.6 Å². The van der Waals surface area contributed by atoms with E-state index in [4.69, 9.17) is 0 Å². The van der Waals surface area contributed by atoms with Gasteiger partial charge in [0.1, 0.15) is 0 Å². The van der Waals surface area contributed by atoms with Crippen molar-refractivity contribution >= 4 is 0 Å². The molecule has 2 rings (SSSR count). The smallest absolute Gasteiger partial charge is 0.422 e. The molecule has 1 aromatic heterocycles. The molecule has 6 heteroatoms. The molecule has 0 saturated heterocycles. The Balaban J connectivity index is 2.07. The van der Waals surface area contributed by atoms with Crippen LogP contribution in [0.1, 0.15) is 0 Å². The van der Waals surface area contributed by atoms with Crippen LogP contribution in [0.4, 0.5) is 13.2 Å². The van der Waals surface area contributed by atoms with Gasteiger partial charge < -0.3 is 4.74 Å². The van der Waals surface area contributed by atoms with Gasteiger partial charge in [0.05, 0.1) is 5.69 Å². The molecule has 0 aliphatic heterocycles. The molecule has 0 N–H and O–H groups in total. The van der Waals surface area contributed by atoms with Crippen molar-refractivity contribution in [2.75, 3.05) is 6.61 Å². The number of alkyl halides is 3. The summed E-state index contributed by atoms with van der Waals surface area (Å²) in [5, 5.41) is 3.88. The summed E-state index contributed by atoms with van der Waals surface area (Å²) < 4.78 is 41.7. The lowest BCUT2D eigenvalue weighted by molar-refractivity contribution is -0.154. The normalized spacial score (nSPS) is 11.5. The Hall–Kier alpha value is -1.98. The number of benzene rings is 1. The van der Waals surface area contributed by atoms with Gasteiger partial charge >= 0.3 is 6.18 Å². The molecule has 0 aliphatic carbocycles. The van der Waals surface area contributed by atoms with E-state index >= 15 is 0 Å². The van der Waals surface area contributed by atoms with Gasteiger partial charge in [-0.2, -0.15) is 13.2 Å². The minimum Gasteiger partial charge on any atom is -0.467 e. The maximum absolute atomic E-state index is 11.9. The summed E-state index contributed by atoms with van der Waals surface area (Å²) in [6.07, 6.45) is -2.81. The first kappa shape index (κ1) is 11.5. The van der Waals surface area contributed by atoms with Gasteiger partial charge in [0.2, 0.25) is 5.88 Å². The minimum atomic E-state index is -4.35. The molecule has 0 saturated carbocycles. The van der Waals surface area contributed by atoms with Crippen LogP contribution in [0.15, 0.2) is 42.6 Å². The summed E-state index contributed by atoms with van der Waals surface area (Å²) >= 11 is 0. The number of hydrogen-bond donors (Lipinski definition) is 0. The third-order valence-corrected chi connectivity index (χ3v) is 1.97. The zero-order valence-electron chi connectivity index (χ0n) is 8.69. The maximum Gasteiger partial charge on any atom is 0.422 e. The summed E-state index contributed by atoms with van der Waals surface area (Å²) in [6, 6.07) is 10.4. The second-order valence-corrected chi connectivity index (χ2v) is 3.34. The Bertz CT molecular complexity index is 479. The van der Waals surface area contributed by atoms with Crippen LogP contribution in [-0.2, 0) is 0 Å². The molecule has 1 heterocycles. The molecule has 0 spiro atoms. The van der Waals surface area contributed by atoms with Crippen LogP contribution in [0.25, 0.3) is 5.69 Å². The van der Waals surface area contributed by atoms with Crippen molar-refractivity contribution in [3.63, 3.8) is 0 Å². The third kappa shape index (κ3) is 3.24.